The fraction of sp³-hybridized carbons (Fsp3) is 0.267. The van der Waals surface area contributed by atoms with E-state index in [9.17, 15) is 18.0 Å². The molecule has 8 heteroatoms. The summed E-state index contributed by atoms with van der Waals surface area (Å²) in [6.45, 7) is 2.64. The first kappa shape index (κ1) is 16.5. The molecule has 2 rings (SSSR count). The number of nitriles is 1. The van der Waals surface area contributed by atoms with Crippen LogP contribution in [0.25, 0.3) is 0 Å². The zero-order valence-corrected chi connectivity index (χ0v) is 12.2. The molecule has 1 N–H and O–H groups in total. The molecule has 0 spiro atoms. The number of aromatic amines is 1. The highest BCUT2D eigenvalue weighted by Crippen LogP contribution is 2.33. The molecule has 5 nitrogen and oxygen atoms in total. The van der Waals surface area contributed by atoms with Gasteiger partial charge in [0.15, 0.2) is 0 Å². The van der Waals surface area contributed by atoms with Crippen LogP contribution in [0.1, 0.15) is 41.9 Å². The lowest BCUT2D eigenvalue weighted by molar-refractivity contribution is 0.151. The van der Waals surface area contributed by atoms with Crippen LogP contribution in [0.5, 0.6) is 11.5 Å². The highest BCUT2D eigenvalue weighted by Gasteiger charge is 2.20. The van der Waals surface area contributed by atoms with E-state index in [1.807, 2.05) is 0 Å². The Morgan fingerprint density at radius 2 is 2.04 bits per heavy atom. The molecular formula is C15H12F3N3O2. The van der Waals surface area contributed by atoms with Gasteiger partial charge in [0, 0.05) is 11.1 Å². The molecule has 2 aromatic rings. The molecule has 0 bridgehead atoms. The number of rotatable bonds is 4. The number of halogens is 3. The van der Waals surface area contributed by atoms with Crippen molar-refractivity contribution in [1.29, 1.82) is 5.26 Å². The summed E-state index contributed by atoms with van der Waals surface area (Å²) < 4.78 is 44.7. The Labute approximate surface area is 129 Å². The van der Waals surface area contributed by atoms with Crippen molar-refractivity contribution >= 4 is 0 Å². The molecule has 0 amide bonds. The van der Waals surface area contributed by atoms with Crippen LogP contribution in [-0.4, -0.2) is 9.97 Å². The molecule has 0 radical (unpaired) electrons. The van der Waals surface area contributed by atoms with E-state index in [1.165, 1.54) is 6.92 Å². The van der Waals surface area contributed by atoms with Gasteiger partial charge < -0.3 is 9.72 Å². The quantitative estimate of drug-likeness (QED) is 0.930. The Morgan fingerprint density at radius 1 is 1.35 bits per heavy atom. The topological polar surface area (TPSA) is 78.8 Å². The lowest BCUT2D eigenvalue weighted by atomic mass is 10.0. The summed E-state index contributed by atoms with van der Waals surface area (Å²) in [6, 6.07) is 3.83. The molecule has 1 aromatic carbocycles. The maximum absolute atomic E-state index is 13.6. The smallest absolute Gasteiger partial charge is 0.294 e. The fourth-order valence-corrected chi connectivity index (χ4v) is 1.95. The van der Waals surface area contributed by atoms with E-state index >= 15 is 0 Å². The largest absolute Gasteiger partial charge is 0.449 e. The van der Waals surface area contributed by atoms with Crippen molar-refractivity contribution in [2.75, 3.05) is 0 Å². The number of alkyl halides is 3. The first-order valence-corrected chi connectivity index (χ1v) is 6.57. The third-order valence-corrected chi connectivity index (χ3v) is 3.18. The van der Waals surface area contributed by atoms with Gasteiger partial charge in [-0.1, -0.05) is 0 Å². The number of H-pyrrole nitrogens is 1. The third kappa shape index (κ3) is 3.34. The molecule has 1 unspecified atom stereocenters. The van der Waals surface area contributed by atoms with Crippen LogP contribution in [0, 0.1) is 18.3 Å². The predicted molar refractivity (Wildman–Crippen MR) is 75.3 cm³/mol. The van der Waals surface area contributed by atoms with Gasteiger partial charge in [-0.05, 0) is 26.0 Å². The molecule has 0 saturated carbocycles. The first-order chi connectivity index (χ1) is 10.8. The maximum Gasteiger partial charge on any atom is 0.294 e. The summed E-state index contributed by atoms with van der Waals surface area (Å²) in [5.74, 6) is -0.555. The van der Waals surface area contributed by atoms with Crippen LogP contribution in [0.2, 0.25) is 0 Å². The van der Waals surface area contributed by atoms with Crippen molar-refractivity contribution in [3.63, 3.8) is 0 Å². The molecule has 0 saturated heterocycles. The van der Waals surface area contributed by atoms with E-state index in [1.54, 1.807) is 6.07 Å². The minimum atomic E-state index is -2.82. The molecule has 120 valence electrons. The zero-order chi connectivity index (χ0) is 17.1. The van der Waals surface area contributed by atoms with E-state index in [0.29, 0.717) is 0 Å². The van der Waals surface area contributed by atoms with Crippen LogP contribution in [-0.2, 0) is 0 Å². The van der Waals surface area contributed by atoms with E-state index in [4.69, 9.17) is 10.00 Å². The van der Waals surface area contributed by atoms with Crippen LogP contribution in [0.4, 0.5) is 13.2 Å². The number of ether oxygens (including phenoxy) is 1. The van der Waals surface area contributed by atoms with Gasteiger partial charge in [0.1, 0.15) is 17.6 Å². The van der Waals surface area contributed by atoms with E-state index in [-0.39, 0.29) is 22.6 Å². The fourth-order valence-electron chi connectivity index (χ4n) is 1.95. The Bertz CT molecular complexity index is 826. The van der Waals surface area contributed by atoms with Crippen molar-refractivity contribution in [2.45, 2.75) is 26.4 Å². The maximum atomic E-state index is 13.6. The Hall–Kier alpha value is -2.82. The van der Waals surface area contributed by atoms with E-state index < -0.39 is 29.5 Å². The van der Waals surface area contributed by atoms with Gasteiger partial charge in [-0.3, -0.25) is 4.79 Å². The molecule has 0 aliphatic heterocycles. The lowest BCUT2D eigenvalue weighted by Crippen LogP contribution is -2.14. The van der Waals surface area contributed by atoms with Crippen LogP contribution < -0.4 is 10.3 Å². The number of aromatic nitrogens is 2. The van der Waals surface area contributed by atoms with Gasteiger partial charge in [-0.25, -0.2) is 18.2 Å². The van der Waals surface area contributed by atoms with Crippen molar-refractivity contribution < 1.29 is 17.9 Å². The van der Waals surface area contributed by atoms with Gasteiger partial charge in [0.05, 0.1) is 18.0 Å². The average Bonchev–Trinajstić information content (AvgIpc) is 2.50. The van der Waals surface area contributed by atoms with E-state index in [2.05, 4.69) is 9.97 Å². The summed E-state index contributed by atoms with van der Waals surface area (Å²) in [6.07, 6.45) is -3.40. The second-order valence-corrected chi connectivity index (χ2v) is 4.77. The predicted octanol–water partition coefficient (Wildman–Crippen LogP) is 3.71. The molecule has 1 aromatic heterocycles. The summed E-state index contributed by atoms with van der Waals surface area (Å²) in [4.78, 5) is 17.8. The Balaban J connectivity index is 2.60. The monoisotopic (exact) mass is 323 g/mol. The summed E-state index contributed by atoms with van der Waals surface area (Å²) in [5, 5.41) is 9.02. The standard InChI is InChI=1S/C15H12F3N3O2/c1-7-10(5-19)3-9(14(17)18)4-11(7)23-13-12(8(2)16)20-6-21-15(13)22/h3-4,6,8,14H,1-2H3,(H,20,21,22). The molecule has 0 aliphatic carbocycles. The van der Waals surface area contributed by atoms with Gasteiger partial charge in [-0.15, -0.1) is 0 Å². The van der Waals surface area contributed by atoms with E-state index in [0.717, 1.165) is 25.4 Å². The number of nitrogens with one attached hydrogen (secondary N) is 1. The van der Waals surface area contributed by atoms with Gasteiger partial charge >= 0.3 is 0 Å². The molecule has 1 heterocycles. The van der Waals surface area contributed by atoms with Gasteiger partial charge in [-0.2, -0.15) is 5.26 Å². The van der Waals surface area contributed by atoms with Crippen molar-refractivity contribution in [2.24, 2.45) is 0 Å². The normalized spacial score (nSPS) is 12.0. The number of hydrogen-bond acceptors (Lipinski definition) is 4. The summed E-state index contributed by atoms with van der Waals surface area (Å²) in [5.41, 5.74) is -1.20. The van der Waals surface area contributed by atoms with Crippen LogP contribution in [0.3, 0.4) is 0 Å². The van der Waals surface area contributed by atoms with Crippen LogP contribution in [0.15, 0.2) is 23.3 Å². The van der Waals surface area contributed by atoms with Crippen molar-refractivity contribution in [3.8, 4) is 17.6 Å². The number of nitrogens with zero attached hydrogens (tertiary/aromatic N) is 2. The number of benzene rings is 1. The third-order valence-electron chi connectivity index (χ3n) is 3.18. The average molecular weight is 323 g/mol. The highest BCUT2D eigenvalue weighted by atomic mass is 19.3. The lowest BCUT2D eigenvalue weighted by Gasteiger charge is -2.14. The van der Waals surface area contributed by atoms with Crippen LogP contribution >= 0.6 is 0 Å². The molecular weight excluding hydrogens is 311 g/mol. The minimum Gasteiger partial charge on any atom is -0.449 e. The van der Waals surface area contributed by atoms with Crippen molar-refractivity contribution in [3.05, 3.63) is 51.2 Å². The number of hydrogen-bond donors (Lipinski definition) is 1. The Morgan fingerprint density at radius 3 is 2.61 bits per heavy atom. The minimum absolute atomic E-state index is 0.0204. The molecule has 0 fully saturated rings. The SMILES string of the molecule is Cc1c(C#N)cc(C(F)F)cc1Oc1c(C(C)F)nc[nH]c1=O. The van der Waals surface area contributed by atoms with Gasteiger partial charge in [0.2, 0.25) is 5.75 Å². The zero-order valence-electron chi connectivity index (χ0n) is 12.2. The second-order valence-electron chi connectivity index (χ2n) is 4.77. The molecule has 1 atom stereocenters. The molecule has 23 heavy (non-hydrogen) atoms. The highest BCUT2D eigenvalue weighted by molar-refractivity contribution is 5.50. The summed E-state index contributed by atoms with van der Waals surface area (Å²) >= 11 is 0. The van der Waals surface area contributed by atoms with Gasteiger partial charge in [0.25, 0.3) is 12.0 Å². The van der Waals surface area contributed by atoms with Crippen molar-refractivity contribution in [1.82, 2.24) is 9.97 Å². The Kier molecular flexibility index (Phi) is 4.69. The first-order valence-electron chi connectivity index (χ1n) is 6.57. The molecule has 0 aliphatic rings. The summed E-state index contributed by atoms with van der Waals surface area (Å²) in [7, 11) is 0. The second kappa shape index (κ2) is 6.52.